The Morgan fingerprint density at radius 2 is 1.78 bits per heavy atom. The average molecular weight is 492 g/mol. The number of H-pyrrole nitrogens is 1. The predicted octanol–water partition coefficient (Wildman–Crippen LogP) is 3.57. The number of benzene rings is 1. The van der Waals surface area contributed by atoms with E-state index in [1.165, 1.54) is 6.21 Å². The maximum atomic E-state index is 13.5. The summed E-state index contributed by atoms with van der Waals surface area (Å²) in [6.45, 7) is 11.7. The highest BCUT2D eigenvalue weighted by atomic mass is 16.7. The summed E-state index contributed by atoms with van der Waals surface area (Å²) in [5.74, 6) is -0.360. The number of pyridine rings is 1. The van der Waals surface area contributed by atoms with E-state index in [4.69, 9.17) is 14.7 Å². The Hall–Kier alpha value is -2.91. The molecule has 1 aromatic heterocycles. The Kier molecular flexibility index (Phi) is 7.17. The van der Waals surface area contributed by atoms with Crippen LogP contribution in [-0.4, -0.2) is 41.5 Å². The minimum Gasteiger partial charge on any atom is -0.399 e. The van der Waals surface area contributed by atoms with Gasteiger partial charge in [0.1, 0.15) is 0 Å². The maximum absolute atomic E-state index is 13.5. The van der Waals surface area contributed by atoms with Gasteiger partial charge < -0.3 is 30.3 Å². The summed E-state index contributed by atoms with van der Waals surface area (Å²) in [5, 5.41) is 14.6. The lowest BCUT2D eigenvalue weighted by Gasteiger charge is -2.32. The van der Waals surface area contributed by atoms with Gasteiger partial charge in [-0.25, -0.2) is 0 Å². The first kappa shape index (κ1) is 26.2. The average Bonchev–Trinajstić information content (AvgIpc) is 3.37. The van der Waals surface area contributed by atoms with Crippen molar-refractivity contribution < 1.29 is 14.1 Å². The summed E-state index contributed by atoms with van der Waals surface area (Å²) < 4.78 is 12.5. The lowest BCUT2D eigenvalue weighted by atomic mass is 9.77. The van der Waals surface area contributed by atoms with Gasteiger partial charge in [-0.15, -0.1) is 0 Å². The van der Waals surface area contributed by atoms with Crippen LogP contribution >= 0.6 is 0 Å². The Morgan fingerprint density at radius 1 is 1.14 bits per heavy atom. The van der Waals surface area contributed by atoms with Gasteiger partial charge in [-0.3, -0.25) is 9.59 Å². The molecular weight excluding hydrogens is 455 g/mol. The Balaban J connectivity index is 1.69. The second-order valence-corrected chi connectivity index (χ2v) is 11.0. The number of carbonyl (C=O) groups excluding carboxylic acids is 1. The van der Waals surface area contributed by atoms with Gasteiger partial charge in [0.2, 0.25) is 0 Å². The largest absolute Gasteiger partial charge is 0.494 e. The second-order valence-electron chi connectivity index (χ2n) is 11.0. The first-order chi connectivity index (χ1) is 16.9. The van der Waals surface area contributed by atoms with Crippen LogP contribution in [0, 0.1) is 19.3 Å². The van der Waals surface area contributed by atoms with Crippen LogP contribution in [0.1, 0.15) is 86.1 Å². The highest BCUT2D eigenvalue weighted by Gasteiger charge is 2.52. The van der Waals surface area contributed by atoms with Crippen LogP contribution in [0.25, 0.3) is 0 Å². The first-order valence-corrected chi connectivity index (χ1v) is 12.7. The molecule has 36 heavy (non-hydrogen) atoms. The summed E-state index contributed by atoms with van der Waals surface area (Å²) in [7, 11) is -0.646. The van der Waals surface area contributed by atoms with Gasteiger partial charge >= 0.3 is 7.12 Å². The van der Waals surface area contributed by atoms with Crippen molar-refractivity contribution in [2.24, 2.45) is 0 Å². The number of rotatable bonds is 7. The third kappa shape index (κ3) is 5.13. The van der Waals surface area contributed by atoms with E-state index >= 15 is 0 Å². The summed E-state index contributed by atoms with van der Waals surface area (Å²) in [4.78, 5) is 28.7. The number of amides is 1. The van der Waals surface area contributed by atoms with E-state index in [0.717, 1.165) is 42.6 Å². The van der Waals surface area contributed by atoms with Gasteiger partial charge in [0.15, 0.2) is 0 Å². The van der Waals surface area contributed by atoms with Crippen molar-refractivity contribution in [2.45, 2.75) is 91.0 Å². The molecule has 1 aromatic carbocycles. The SMILES string of the molecule is Cc1cc(C)c(CNC(=O)c2cc(B3OC(C)(C)C(C)(C)O3)cc(NC3CCCC3)c2C=N)c(=O)[nH]1. The molecular formula is C27H37BN4O4. The quantitative estimate of drug-likeness (QED) is 0.348. The lowest BCUT2D eigenvalue weighted by Crippen LogP contribution is -2.41. The Bertz CT molecular complexity index is 1220. The number of aromatic amines is 1. The molecule has 0 spiro atoms. The number of aryl methyl sites for hydroxylation is 2. The van der Waals surface area contributed by atoms with E-state index in [2.05, 4.69) is 15.6 Å². The fourth-order valence-corrected chi connectivity index (χ4v) is 4.91. The van der Waals surface area contributed by atoms with E-state index in [1.807, 2.05) is 53.7 Å². The fourth-order valence-electron chi connectivity index (χ4n) is 4.91. The summed E-state index contributed by atoms with van der Waals surface area (Å²) >= 11 is 0. The van der Waals surface area contributed by atoms with Gasteiger partial charge in [0.05, 0.1) is 11.2 Å². The summed E-state index contributed by atoms with van der Waals surface area (Å²) in [5.41, 5.74) is 3.13. The molecule has 9 heteroatoms. The van der Waals surface area contributed by atoms with E-state index in [-0.39, 0.29) is 18.0 Å². The van der Waals surface area contributed by atoms with E-state index < -0.39 is 18.3 Å². The summed E-state index contributed by atoms with van der Waals surface area (Å²) in [6, 6.07) is 5.85. The highest BCUT2D eigenvalue weighted by Crippen LogP contribution is 2.37. The molecule has 1 saturated heterocycles. The van der Waals surface area contributed by atoms with Crippen molar-refractivity contribution in [3.05, 3.63) is 56.5 Å². The van der Waals surface area contributed by atoms with E-state index in [1.54, 1.807) is 6.07 Å². The van der Waals surface area contributed by atoms with Crippen molar-refractivity contribution in [3.8, 4) is 0 Å². The third-order valence-electron chi connectivity index (χ3n) is 7.75. The molecule has 2 aromatic rings. The number of hydrogen-bond donors (Lipinski definition) is 4. The molecule has 2 aliphatic rings. The van der Waals surface area contributed by atoms with E-state index in [0.29, 0.717) is 28.2 Å². The third-order valence-corrected chi connectivity index (χ3v) is 7.75. The zero-order valence-corrected chi connectivity index (χ0v) is 22.1. The van der Waals surface area contributed by atoms with Crippen molar-refractivity contribution in [1.82, 2.24) is 10.3 Å². The molecule has 1 aliphatic carbocycles. The van der Waals surface area contributed by atoms with Crippen molar-refractivity contribution in [2.75, 3.05) is 5.32 Å². The van der Waals surface area contributed by atoms with Crippen LogP contribution in [0.2, 0.25) is 0 Å². The molecule has 0 unspecified atom stereocenters. The lowest BCUT2D eigenvalue weighted by molar-refractivity contribution is 0.00578. The van der Waals surface area contributed by atoms with Crippen molar-refractivity contribution in [3.63, 3.8) is 0 Å². The van der Waals surface area contributed by atoms with Crippen LogP contribution in [0.5, 0.6) is 0 Å². The van der Waals surface area contributed by atoms with Crippen LogP contribution in [0.4, 0.5) is 5.69 Å². The molecule has 8 nitrogen and oxygen atoms in total. The molecule has 0 atom stereocenters. The Morgan fingerprint density at radius 3 is 2.36 bits per heavy atom. The zero-order chi connectivity index (χ0) is 26.3. The van der Waals surface area contributed by atoms with Gasteiger partial charge in [0, 0.05) is 46.9 Å². The normalized spacial score (nSPS) is 18.9. The highest BCUT2D eigenvalue weighted by molar-refractivity contribution is 6.62. The van der Waals surface area contributed by atoms with Crippen molar-refractivity contribution in [1.29, 1.82) is 5.41 Å². The maximum Gasteiger partial charge on any atom is 0.494 e. The standard InChI is InChI=1S/C27H37BN4O4/c1-16-11-17(2)31-25(34)22(16)15-30-24(33)20-12-18(28-35-26(3,4)27(5,6)36-28)13-23(21(20)14-29)32-19-9-7-8-10-19/h11-14,19,29,32H,7-10,15H2,1-6H3,(H,30,33)(H,31,34). The van der Waals surface area contributed by atoms with Gasteiger partial charge in [-0.1, -0.05) is 12.8 Å². The van der Waals surface area contributed by atoms with Gasteiger partial charge in [-0.05, 0) is 83.6 Å². The molecule has 2 fully saturated rings. The number of nitrogens with one attached hydrogen (secondary N) is 4. The van der Waals surface area contributed by atoms with E-state index in [9.17, 15) is 9.59 Å². The number of carbonyl (C=O) groups is 1. The number of aromatic nitrogens is 1. The molecule has 192 valence electrons. The smallest absolute Gasteiger partial charge is 0.399 e. The molecule has 4 rings (SSSR count). The van der Waals surface area contributed by atoms with Crippen LogP contribution in [0.3, 0.4) is 0 Å². The fraction of sp³-hybridized carbons (Fsp3) is 0.519. The van der Waals surface area contributed by atoms with Gasteiger partial charge in [0.25, 0.3) is 11.5 Å². The topological polar surface area (TPSA) is 116 Å². The van der Waals surface area contributed by atoms with Crippen molar-refractivity contribution >= 4 is 30.4 Å². The van der Waals surface area contributed by atoms with Crippen LogP contribution in [-0.2, 0) is 15.9 Å². The molecule has 2 heterocycles. The number of hydrogen-bond acceptors (Lipinski definition) is 6. The molecule has 1 aliphatic heterocycles. The van der Waals surface area contributed by atoms with Crippen LogP contribution in [0.15, 0.2) is 23.0 Å². The first-order valence-electron chi connectivity index (χ1n) is 12.7. The molecule has 4 N–H and O–H groups in total. The molecule has 0 radical (unpaired) electrons. The predicted molar refractivity (Wildman–Crippen MR) is 144 cm³/mol. The molecule has 0 bridgehead atoms. The minimum atomic E-state index is -0.646. The summed E-state index contributed by atoms with van der Waals surface area (Å²) in [6.07, 6.45) is 5.63. The zero-order valence-electron chi connectivity index (χ0n) is 22.1. The van der Waals surface area contributed by atoms with Gasteiger partial charge in [-0.2, -0.15) is 0 Å². The second kappa shape index (κ2) is 9.86. The Labute approximate surface area is 213 Å². The van der Waals surface area contributed by atoms with Crippen LogP contribution < -0.4 is 21.7 Å². The monoisotopic (exact) mass is 492 g/mol. The number of anilines is 1. The molecule has 1 amide bonds. The molecule has 1 saturated carbocycles. The minimum absolute atomic E-state index is 0.0871.